The van der Waals surface area contributed by atoms with E-state index in [9.17, 15) is 9.90 Å². The second kappa shape index (κ2) is 8.66. The average Bonchev–Trinajstić information content (AvgIpc) is 2.38. The molecule has 0 aromatic heterocycles. The Labute approximate surface area is 108 Å². The van der Waals surface area contributed by atoms with Gasteiger partial charge in [0, 0.05) is 13.7 Å². The topological polar surface area (TPSA) is 58.6 Å². The third-order valence-corrected chi connectivity index (χ3v) is 2.75. The Morgan fingerprint density at radius 2 is 2.00 bits per heavy atom. The van der Waals surface area contributed by atoms with Gasteiger partial charge in [0.15, 0.2) is 0 Å². The molecule has 1 atom stereocenters. The Morgan fingerprint density at radius 3 is 2.61 bits per heavy atom. The standard InChI is InChI=1S/C14H21NO3/c1-18-11-7-3-6-10-15-13(14(16)17)12-8-4-2-5-9-12/h2,4-5,8-9,13,15H,3,6-7,10-11H2,1H3,(H,16,17). The highest BCUT2D eigenvalue weighted by atomic mass is 16.5. The average molecular weight is 251 g/mol. The van der Waals surface area contributed by atoms with E-state index in [1.807, 2.05) is 30.3 Å². The summed E-state index contributed by atoms with van der Waals surface area (Å²) in [6, 6.07) is 8.63. The molecule has 2 N–H and O–H groups in total. The van der Waals surface area contributed by atoms with E-state index in [1.165, 1.54) is 0 Å². The quantitative estimate of drug-likeness (QED) is 0.661. The summed E-state index contributed by atoms with van der Waals surface area (Å²) in [6.07, 6.45) is 3.02. The zero-order chi connectivity index (χ0) is 13.2. The van der Waals surface area contributed by atoms with Crippen LogP contribution < -0.4 is 5.32 Å². The molecule has 0 saturated carbocycles. The SMILES string of the molecule is COCCCCCNC(C(=O)O)c1ccccc1. The molecule has 0 fully saturated rings. The minimum Gasteiger partial charge on any atom is -0.480 e. The highest BCUT2D eigenvalue weighted by molar-refractivity contribution is 5.75. The van der Waals surface area contributed by atoms with Gasteiger partial charge < -0.3 is 15.2 Å². The summed E-state index contributed by atoms with van der Waals surface area (Å²) < 4.78 is 4.96. The van der Waals surface area contributed by atoms with Gasteiger partial charge in [-0.05, 0) is 31.4 Å². The molecule has 0 spiro atoms. The molecule has 0 amide bonds. The Bertz CT molecular complexity index is 340. The predicted molar refractivity (Wildman–Crippen MR) is 70.5 cm³/mol. The second-order valence-corrected chi connectivity index (χ2v) is 4.19. The number of hydrogen-bond acceptors (Lipinski definition) is 3. The molecular weight excluding hydrogens is 230 g/mol. The first-order valence-corrected chi connectivity index (χ1v) is 6.25. The van der Waals surface area contributed by atoms with Crippen molar-refractivity contribution in [3.63, 3.8) is 0 Å². The Kier molecular flexibility index (Phi) is 7.06. The molecule has 0 aliphatic rings. The van der Waals surface area contributed by atoms with Crippen LogP contribution in [0, 0.1) is 0 Å². The molecule has 1 aromatic rings. The normalized spacial score (nSPS) is 12.3. The first-order valence-electron chi connectivity index (χ1n) is 6.25. The van der Waals surface area contributed by atoms with E-state index >= 15 is 0 Å². The molecule has 100 valence electrons. The lowest BCUT2D eigenvalue weighted by Crippen LogP contribution is -2.29. The highest BCUT2D eigenvalue weighted by Crippen LogP contribution is 2.12. The number of carboxylic acid groups (broad SMARTS) is 1. The maximum atomic E-state index is 11.2. The van der Waals surface area contributed by atoms with Crippen molar-refractivity contribution in [1.82, 2.24) is 5.32 Å². The molecule has 4 nitrogen and oxygen atoms in total. The van der Waals surface area contributed by atoms with Crippen molar-refractivity contribution in [2.24, 2.45) is 0 Å². The molecule has 4 heteroatoms. The zero-order valence-electron chi connectivity index (χ0n) is 10.8. The van der Waals surface area contributed by atoms with Crippen LogP contribution >= 0.6 is 0 Å². The summed E-state index contributed by atoms with van der Waals surface area (Å²) >= 11 is 0. The molecule has 1 aromatic carbocycles. The molecule has 0 bridgehead atoms. The number of unbranched alkanes of at least 4 members (excludes halogenated alkanes) is 2. The summed E-state index contributed by atoms with van der Waals surface area (Å²) in [5.74, 6) is -0.835. The van der Waals surface area contributed by atoms with Crippen LogP contribution in [-0.2, 0) is 9.53 Å². The first-order chi connectivity index (χ1) is 8.75. The second-order valence-electron chi connectivity index (χ2n) is 4.19. The molecule has 1 rings (SSSR count). The van der Waals surface area contributed by atoms with Crippen LogP contribution in [0.25, 0.3) is 0 Å². The van der Waals surface area contributed by atoms with Crippen LogP contribution in [0.1, 0.15) is 30.9 Å². The van der Waals surface area contributed by atoms with Gasteiger partial charge in [0.05, 0.1) is 0 Å². The van der Waals surface area contributed by atoms with Crippen LogP contribution in [0.5, 0.6) is 0 Å². The zero-order valence-corrected chi connectivity index (χ0v) is 10.8. The lowest BCUT2D eigenvalue weighted by atomic mass is 10.1. The number of methoxy groups -OCH3 is 1. The maximum absolute atomic E-state index is 11.2. The maximum Gasteiger partial charge on any atom is 0.325 e. The monoisotopic (exact) mass is 251 g/mol. The van der Waals surface area contributed by atoms with Gasteiger partial charge in [-0.3, -0.25) is 4.79 Å². The van der Waals surface area contributed by atoms with Gasteiger partial charge in [-0.1, -0.05) is 30.3 Å². The fourth-order valence-corrected chi connectivity index (χ4v) is 1.79. The van der Waals surface area contributed by atoms with Crippen molar-refractivity contribution in [2.45, 2.75) is 25.3 Å². The highest BCUT2D eigenvalue weighted by Gasteiger charge is 2.17. The number of rotatable bonds is 9. The van der Waals surface area contributed by atoms with Crippen molar-refractivity contribution >= 4 is 5.97 Å². The van der Waals surface area contributed by atoms with E-state index in [0.29, 0.717) is 6.54 Å². The third-order valence-electron chi connectivity index (χ3n) is 2.75. The minimum atomic E-state index is -0.835. The molecule has 0 saturated heterocycles. The van der Waals surface area contributed by atoms with Crippen molar-refractivity contribution in [1.29, 1.82) is 0 Å². The number of ether oxygens (including phenoxy) is 1. The molecule has 0 heterocycles. The van der Waals surface area contributed by atoms with E-state index < -0.39 is 12.0 Å². The van der Waals surface area contributed by atoms with E-state index in [0.717, 1.165) is 31.4 Å². The van der Waals surface area contributed by atoms with Crippen LogP contribution in [0.4, 0.5) is 0 Å². The first kappa shape index (κ1) is 14.7. The van der Waals surface area contributed by atoms with Crippen molar-refractivity contribution in [3.8, 4) is 0 Å². The van der Waals surface area contributed by atoms with Gasteiger partial charge in [0.25, 0.3) is 0 Å². The van der Waals surface area contributed by atoms with Gasteiger partial charge in [-0.15, -0.1) is 0 Å². The fourth-order valence-electron chi connectivity index (χ4n) is 1.79. The number of benzene rings is 1. The molecule has 0 aliphatic heterocycles. The lowest BCUT2D eigenvalue weighted by Gasteiger charge is -2.14. The third kappa shape index (κ3) is 5.29. The fraction of sp³-hybridized carbons (Fsp3) is 0.500. The largest absolute Gasteiger partial charge is 0.480 e. The summed E-state index contributed by atoms with van der Waals surface area (Å²) in [5, 5.41) is 12.3. The van der Waals surface area contributed by atoms with Crippen molar-refractivity contribution in [2.75, 3.05) is 20.3 Å². The predicted octanol–water partition coefficient (Wildman–Crippen LogP) is 2.22. The smallest absolute Gasteiger partial charge is 0.325 e. The van der Waals surface area contributed by atoms with Crippen molar-refractivity contribution < 1.29 is 14.6 Å². The van der Waals surface area contributed by atoms with Crippen LogP contribution in [0.3, 0.4) is 0 Å². The van der Waals surface area contributed by atoms with E-state index in [4.69, 9.17) is 4.74 Å². The van der Waals surface area contributed by atoms with E-state index in [1.54, 1.807) is 7.11 Å². The van der Waals surface area contributed by atoms with Crippen LogP contribution in [-0.4, -0.2) is 31.3 Å². The summed E-state index contributed by atoms with van der Waals surface area (Å²) in [6.45, 7) is 1.47. The number of hydrogen-bond donors (Lipinski definition) is 2. The molecule has 1 unspecified atom stereocenters. The molecular formula is C14H21NO3. The van der Waals surface area contributed by atoms with E-state index in [-0.39, 0.29) is 0 Å². The van der Waals surface area contributed by atoms with Gasteiger partial charge in [-0.25, -0.2) is 0 Å². The number of carbonyl (C=O) groups is 1. The molecule has 0 aliphatic carbocycles. The van der Waals surface area contributed by atoms with Gasteiger partial charge >= 0.3 is 5.97 Å². The van der Waals surface area contributed by atoms with Gasteiger partial charge in [0.1, 0.15) is 6.04 Å². The van der Waals surface area contributed by atoms with Crippen LogP contribution in [0.15, 0.2) is 30.3 Å². The van der Waals surface area contributed by atoms with Gasteiger partial charge in [0.2, 0.25) is 0 Å². The molecule has 0 radical (unpaired) electrons. The number of carboxylic acids is 1. The van der Waals surface area contributed by atoms with Crippen molar-refractivity contribution in [3.05, 3.63) is 35.9 Å². The summed E-state index contributed by atoms with van der Waals surface area (Å²) in [4.78, 5) is 11.2. The minimum absolute atomic E-state index is 0.617. The number of aliphatic carboxylic acids is 1. The lowest BCUT2D eigenvalue weighted by molar-refractivity contribution is -0.139. The van der Waals surface area contributed by atoms with Gasteiger partial charge in [-0.2, -0.15) is 0 Å². The Morgan fingerprint density at radius 1 is 1.28 bits per heavy atom. The Balaban J connectivity index is 2.34. The number of nitrogens with one attached hydrogen (secondary N) is 1. The summed E-state index contributed by atoms with van der Waals surface area (Å²) in [5.41, 5.74) is 0.793. The Hall–Kier alpha value is -1.39. The molecule has 18 heavy (non-hydrogen) atoms. The summed E-state index contributed by atoms with van der Waals surface area (Å²) in [7, 11) is 1.69. The van der Waals surface area contributed by atoms with Crippen LogP contribution in [0.2, 0.25) is 0 Å². The van der Waals surface area contributed by atoms with E-state index in [2.05, 4.69) is 5.32 Å².